The van der Waals surface area contributed by atoms with E-state index in [-0.39, 0.29) is 16.5 Å². The molecule has 2 rings (SSSR count). The van der Waals surface area contributed by atoms with E-state index in [9.17, 15) is 9.18 Å². The smallest absolute Gasteiger partial charge is 0.406 e. The maximum absolute atomic E-state index is 12.9. The summed E-state index contributed by atoms with van der Waals surface area (Å²) < 4.78 is 14.0. The number of hydrogen-bond donors (Lipinski definition) is 1. The Hall–Kier alpha value is -2.14. The Morgan fingerprint density at radius 3 is 2.47 bits per heavy atom. The van der Waals surface area contributed by atoms with Gasteiger partial charge in [-0.2, -0.15) is 0 Å². The summed E-state index contributed by atoms with van der Waals surface area (Å²) in [5, 5.41) is 9.37. The molecule has 98 valence electrons. The third-order valence-corrected chi connectivity index (χ3v) is 2.75. The number of aromatic nitrogens is 1. The number of carbonyl (C=O) groups is 1. The van der Waals surface area contributed by atoms with Gasteiger partial charge in [-0.3, -0.25) is 4.84 Å². The molecule has 0 saturated heterocycles. The fourth-order valence-electron chi connectivity index (χ4n) is 1.72. The monoisotopic (exact) mass is 282 g/mol. The fraction of sp³-hybridized carbons (Fsp3) is 0.0769. The Bertz CT molecular complexity index is 629. The van der Waals surface area contributed by atoms with Crippen molar-refractivity contribution in [1.29, 1.82) is 0 Å². The van der Waals surface area contributed by atoms with Crippen LogP contribution in [0, 0.1) is 5.82 Å². The number of hydrogen-bond acceptors (Lipinski definition) is 2. The number of aromatic carboxylic acids is 1. The van der Waals surface area contributed by atoms with Crippen molar-refractivity contribution in [2.45, 2.75) is 0 Å². The second-order valence-electron chi connectivity index (χ2n) is 3.73. The highest BCUT2D eigenvalue weighted by atomic mass is 35.5. The van der Waals surface area contributed by atoms with Gasteiger partial charge in [0.2, 0.25) is 0 Å². The Balaban J connectivity index is 2.68. The molecule has 1 aromatic carbocycles. The van der Waals surface area contributed by atoms with Gasteiger partial charge in [-0.1, -0.05) is 11.6 Å². The first-order valence-electron chi connectivity index (χ1n) is 5.32. The van der Waals surface area contributed by atoms with Gasteiger partial charge in [-0.15, -0.1) is 0 Å². The highest BCUT2D eigenvalue weighted by Gasteiger charge is 2.27. The first-order valence-corrected chi connectivity index (χ1v) is 5.70. The second kappa shape index (κ2) is 5.24. The summed E-state index contributed by atoms with van der Waals surface area (Å²) in [5.74, 6) is -1.55. The number of pyridine rings is 1. The van der Waals surface area contributed by atoms with Gasteiger partial charge in [-0.25, -0.2) is 9.18 Å². The van der Waals surface area contributed by atoms with E-state index in [4.69, 9.17) is 21.5 Å². The molecule has 2 aromatic rings. The predicted octanol–water partition coefficient (Wildman–Crippen LogP) is 2.19. The minimum atomic E-state index is -1.17. The zero-order valence-corrected chi connectivity index (χ0v) is 10.7. The molecule has 0 saturated carbocycles. The molecule has 0 amide bonds. The lowest BCUT2D eigenvalue weighted by atomic mass is 10.1. The molecule has 0 fully saturated rings. The van der Waals surface area contributed by atoms with Gasteiger partial charge in [0.15, 0.2) is 0 Å². The van der Waals surface area contributed by atoms with Crippen LogP contribution in [-0.4, -0.2) is 18.2 Å². The van der Waals surface area contributed by atoms with Gasteiger partial charge in [0.1, 0.15) is 12.9 Å². The first kappa shape index (κ1) is 13.3. The minimum absolute atomic E-state index is 0.116. The first-order chi connectivity index (χ1) is 9.02. The van der Waals surface area contributed by atoms with Crippen LogP contribution in [-0.2, 0) is 0 Å². The fourth-order valence-corrected chi connectivity index (χ4v) is 1.92. The van der Waals surface area contributed by atoms with Crippen LogP contribution in [0.4, 0.5) is 4.39 Å². The molecule has 19 heavy (non-hydrogen) atoms. The third kappa shape index (κ3) is 2.66. The molecule has 0 aliphatic rings. The molecule has 0 radical (unpaired) electrons. The van der Waals surface area contributed by atoms with Gasteiger partial charge < -0.3 is 5.11 Å². The van der Waals surface area contributed by atoms with Gasteiger partial charge in [0.25, 0.3) is 5.69 Å². The zero-order chi connectivity index (χ0) is 14.0. The summed E-state index contributed by atoms with van der Waals surface area (Å²) in [6, 6.07) is 8.41. The molecule has 0 atom stereocenters. The molecule has 1 aromatic heterocycles. The molecule has 4 nitrogen and oxygen atoms in total. The molecule has 0 aliphatic heterocycles. The maximum atomic E-state index is 12.9. The topological polar surface area (TPSA) is 50.4 Å². The van der Waals surface area contributed by atoms with Crippen LogP contribution in [0.2, 0.25) is 5.02 Å². The van der Waals surface area contributed by atoms with Gasteiger partial charge in [-0.05, 0) is 24.3 Å². The Kier molecular flexibility index (Phi) is 3.66. The SMILES string of the molecule is CO[n+]1c(C(=O)O)cc(Cl)cc1-c1ccc(F)cc1. The quantitative estimate of drug-likeness (QED) is 0.878. The number of halogens is 2. The van der Waals surface area contributed by atoms with E-state index in [1.807, 2.05) is 0 Å². The van der Waals surface area contributed by atoms with Crippen LogP contribution >= 0.6 is 11.6 Å². The van der Waals surface area contributed by atoms with E-state index in [0.717, 1.165) is 4.73 Å². The number of carboxylic acid groups (broad SMARTS) is 1. The average molecular weight is 283 g/mol. The second-order valence-corrected chi connectivity index (χ2v) is 4.17. The lowest BCUT2D eigenvalue weighted by Gasteiger charge is -2.04. The molecule has 1 N–H and O–H groups in total. The van der Waals surface area contributed by atoms with Crippen LogP contribution in [0.5, 0.6) is 0 Å². The van der Waals surface area contributed by atoms with Crippen molar-refractivity contribution in [1.82, 2.24) is 0 Å². The van der Waals surface area contributed by atoms with E-state index in [1.54, 1.807) is 6.07 Å². The summed E-state index contributed by atoms with van der Waals surface area (Å²) in [6.07, 6.45) is 0. The van der Waals surface area contributed by atoms with Crippen molar-refractivity contribution in [3.63, 3.8) is 0 Å². The molecule has 0 unspecified atom stereocenters. The van der Waals surface area contributed by atoms with E-state index in [0.29, 0.717) is 11.3 Å². The Labute approximate surface area is 113 Å². The highest BCUT2D eigenvalue weighted by molar-refractivity contribution is 6.31. The van der Waals surface area contributed by atoms with Crippen molar-refractivity contribution < 1.29 is 23.9 Å². The van der Waals surface area contributed by atoms with Crippen LogP contribution in [0.1, 0.15) is 10.5 Å². The zero-order valence-electron chi connectivity index (χ0n) is 9.93. The Morgan fingerprint density at radius 1 is 1.32 bits per heavy atom. The lowest BCUT2D eigenvalue weighted by Crippen LogP contribution is -2.48. The highest BCUT2D eigenvalue weighted by Crippen LogP contribution is 2.20. The van der Waals surface area contributed by atoms with E-state index >= 15 is 0 Å². The summed E-state index contributed by atoms with van der Waals surface area (Å²) in [7, 11) is 1.34. The molecule has 1 heterocycles. The van der Waals surface area contributed by atoms with E-state index in [1.165, 1.54) is 37.4 Å². The minimum Gasteiger partial charge on any atom is -0.473 e. The van der Waals surface area contributed by atoms with Crippen LogP contribution in [0.15, 0.2) is 36.4 Å². The average Bonchev–Trinajstić information content (AvgIpc) is 2.38. The molecule has 6 heteroatoms. The lowest BCUT2D eigenvalue weighted by molar-refractivity contribution is -0.878. The maximum Gasteiger partial charge on any atom is 0.406 e. The summed E-state index contributed by atoms with van der Waals surface area (Å²) in [4.78, 5) is 16.2. The van der Waals surface area contributed by atoms with Crippen molar-refractivity contribution in [2.24, 2.45) is 0 Å². The standard InChI is InChI=1S/C13H9ClFNO3/c1-19-16-11(8-2-4-10(15)5-3-8)6-9(14)7-12(16)13(17)18/h2-7H,1H3/p+1. The molecular weight excluding hydrogens is 273 g/mol. The summed E-state index contributed by atoms with van der Waals surface area (Å²) in [6.45, 7) is 0. The normalized spacial score (nSPS) is 10.3. The van der Waals surface area contributed by atoms with Crippen LogP contribution in [0.3, 0.4) is 0 Å². The van der Waals surface area contributed by atoms with Crippen LogP contribution in [0.25, 0.3) is 11.3 Å². The number of nitrogens with zero attached hydrogens (tertiary/aromatic N) is 1. The van der Waals surface area contributed by atoms with Crippen molar-refractivity contribution in [3.05, 3.63) is 52.9 Å². The van der Waals surface area contributed by atoms with Gasteiger partial charge in [0, 0.05) is 16.9 Å². The van der Waals surface area contributed by atoms with Crippen LogP contribution < -0.4 is 9.57 Å². The number of benzene rings is 1. The third-order valence-electron chi connectivity index (χ3n) is 2.53. The molecule has 0 bridgehead atoms. The molecule has 0 spiro atoms. The molecular formula is C13H10ClFNO3+. The largest absolute Gasteiger partial charge is 0.473 e. The number of carboxylic acids is 1. The number of rotatable bonds is 3. The predicted molar refractivity (Wildman–Crippen MR) is 66.5 cm³/mol. The van der Waals surface area contributed by atoms with Crippen molar-refractivity contribution >= 4 is 17.6 Å². The van der Waals surface area contributed by atoms with E-state index < -0.39 is 5.97 Å². The van der Waals surface area contributed by atoms with Gasteiger partial charge in [0.05, 0.1) is 10.6 Å². The van der Waals surface area contributed by atoms with Gasteiger partial charge >= 0.3 is 11.7 Å². The summed E-state index contributed by atoms with van der Waals surface area (Å²) in [5.41, 5.74) is 0.898. The van der Waals surface area contributed by atoms with E-state index in [2.05, 4.69) is 0 Å². The van der Waals surface area contributed by atoms with Crippen molar-refractivity contribution in [2.75, 3.05) is 7.11 Å². The molecule has 0 aliphatic carbocycles. The summed E-state index contributed by atoms with van der Waals surface area (Å²) >= 11 is 5.90. The Morgan fingerprint density at radius 2 is 1.95 bits per heavy atom. The van der Waals surface area contributed by atoms with Crippen molar-refractivity contribution in [3.8, 4) is 11.3 Å².